The third kappa shape index (κ3) is 3.43. The fourth-order valence-electron chi connectivity index (χ4n) is 5.32. The largest absolute Gasteiger partial charge is 0.495 e. The number of fused-ring (bicyclic) bond motifs is 3. The van der Waals surface area contributed by atoms with E-state index in [0.29, 0.717) is 34.8 Å². The van der Waals surface area contributed by atoms with E-state index in [0.717, 1.165) is 24.3 Å². The van der Waals surface area contributed by atoms with Crippen LogP contribution in [0.15, 0.2) is 46.9 Å². The Morgan fingerprint density at radius 2 is 1.90 bits per heavy atom. The van der Waals surface area contributed by atoms with Crippen LogP contribution in [0.2, 0.25) is 0 Å². The van der Waals surface area contributed by atoms with Gasteiger partial charge < -0.3 is 19.8 Å². The van der Waals surface area contributed by atoms with Crippen LogP contribution in [-0.2, 0) is 0 Å². The van der Waals surface area contributed by atoms with Crippen LogP contribution in [0.4, 0.5) is 11.7 Å². The molecule has 2 aliphatic rings. The van der Waals surface area contributed by atoms with Gasteiger partial charge in [0.15, 0.2) is 5.58 Å². The minimum atomic E-state index is -0.511. The number of amides is 1. The van der Waals surface area contributed by atoms with Gasteiger partial charge >= 0.3 is 6.01 Å². The number of hydrogen-bond donors (Lipinski definition) is 1. The summed E-state index contributed by atoms with van der Waals surface area (Å²) in [4.78, 5) is 21.4. The molecule has 1 aromatic heterocycles. The molecule has 2 unspecified atom stereocenters. The molecule has 0 radical (unpaired) electrons. The third-order valence-corrected chi connectivity index (χ3v) is 6.90. The average molecular weight is 421 g/mol. The van der Waals surface area contributed by atoms with Crippen molar-refractivity contribution in [2.75, 3.05) is 19.1 Å². The van der Waals surface area contributed by atoms with E-state index in [1.165, 1.54) is 19.3 Å². The number of aromatic nitrogens is 1. The minimum absolute atomic E-state index is 0.216. The number of anilines is 2. The van der Waals surface area contributed by atoms with E-state index >= 15 is 0 Å². The lowest BCUT2D eigenvalue weighted by Crippen LogP contribution is -2.54. The molecule has 3 heterocycles. The number of ether oxygens (including phenoxy) is 1. The average Bonchev–Trinajstić information content (AvgIpc) is 3.18. The van der Waals surface area contributed by atoms with Gasteiger partial charge in [-0.3, -0.25) is 9.69 Å². The molecule has 2 fully saturated rings. The van der Waals surface area contributed by atoms with Crippen molar-refractivity contribution >= 4 is 28.7 Å². The first-order valence-corrected chi connectivity index (χ1v) is 10.9. The first-order chi connectivity index (χ1) is 15.1. The van der Waals surface area contributed by atoms with Gasteiger partial charge in [0.25, 0.3) is 5.91 Å². The number of hydrogen-bond acceptors (Lipinski definition) is 6. The summed E-state index contributed by atoms with van der Waals surface area (Å²) in [6, 6.07) is 15.0. The van der Waals surface area contributed by atoms with Gasteiger partial charge in [0.05, 0.1) is 18.4 Å². The van der Waals surface area contributed by atoms with E-state index in [-0.39, 0.29) is 6.04 Å². The Labute approximate surface area is 181 Å². The number of para-hydroxylation sites is 3. The highest BCUT2D eigenvalue weighted by atomic mass is 16.5. The number of oxazole rings is 1. The van der Waals surface area contributed by atoms with Gasteiger partial charge in [-0.1, -0.05) is 24.6 Å². The molecule has 0 aliphatic carbocycles. The predicted molar refractivity (Wildman–Crippen MR) is 120 cm³/mol. The number of piperidine rings is 2. The Balaban J connectivity index is 1.64. The fraction of sp³-hybridized carbons (Fsp3) is 0.417. The van der Waals surface area contributed by atoms with Crippen molar-refractivity contribution in [2.24, 2.45) is 5.73 Å². The first-order valence-electron chi connectivity index (χ1n) is 10.9. The molecule has 2 aliphatic heterocycles. The normalized spacial score (nSPS) is 23.6. The van der Waals surface area contributed by atoms with Gasteiger partial charge in [-0.15, -0.1) is 0 Å². The first kappa shape index (κ1) is 19.9. The number of methoxy groups -OCH3 is 1. The molecular weight excluding hydrogens is 392 g/mol. The zero-order valence-electron chi connectivity index (χ0n) is 18.0. The highest BCUT2D eigenvalue weighted by Gasteiger charge is 2.40. The van der Waals surface area contributed by atoms with Crippen LogP contribution in [-0.4, -0.2) is 48.1 Å². The number of rotatable bonds is 5. The lowest BCUT2D eigenvalue weighted by molar-refractivity contribution is 0.0562. The van der Waals surface area contributed by atoms with Gasteiger partial charge in [-0.2, -0.15) is 4.98 Å². The van der Waals surface area contributed by atoms with Crippen molar-refractivity contribution in [3.05, 3.63) is 48.0 Å². The van der Waals surface area contributed by atoms with Crippen LogP contribution in [0.1, 0.15) is 42.5 Å². The van der Waals surface area contributed by atoms with Gasteiger partial charge in [0.2, 0.25) is 0 Å². The maximum Gasteiger partial charge on any atom is 0.303 e. The van der Waals surface area contributed by atoms with Crippen molar-refractivity contribution in [2.45, 2.75) is 50.2 Å². The molecule has 2 N–H and O–H groups in total. The van der Waals surface area contributed by atoms with Crippen molar-refractivity contribution in [1.82, 2.24) is 9.88 Å². The van der Waals surface area contributed by atoms with Crippen LogP contribution < -0.4 is 15.4 Å². The molecule has 2 aromatic carbocycles. The molecule has 0 saturated carbocycles. The van der Waals surface area contributed by atoms with E-state index in [9.17, 15) is 4.79 Å². The molecule has 162 valence electrons. The van der Waals surface area contributed by atoms with E-state index in [1.54, 1.807) is 19.2 Å². The minimum Gasteiger partial charge on any atom is -0.495 e. The molecule has 3 aromatic rings. The van der Waals surface area contributed by atoms with E-state index in [2.05, 4.69) is 16.8 Å². The Morgan fingerprint density at radius 1 is 1.16 bits per heavy atom. The summed E-state index contributed by atoms with van der Waals surface area (Å²) in [5, 5.41) is 0. The highest BCUT2D eigenvalue weighted by Crippen LogP contribution is 2.43. The highest BCUT2D eigenvalue weighted by molar-refractivity contribution is 6.04. The number of primary amides is 1. The summed E-state index contributed by atoms with van der Waals surface area (Å²) in [6.45, 7) is 0. The molecule has 2 atom stereocenters. The van der Waals surface area contributed by atoms with E-state index in [4.69, 9.17) is 19.9 Å². The van der Waals surface area contributed by atoms with Crippen LogP contribution in [0.3, 0.4) is 0 Å². The second kappa shape index (κ2) is 7.89. The zero-order valence-corrected chi connectivity index (χ0v) is 18.0. The zero-order chi connectivity index (χ0) is 21.5. The summed E-state index contributed by atoms with van der Waals surface area (Å²) in [6.07, 6.45) is 5.75. The van der Waals surface area contributed by atoms with Gasteiger partial charge in [-0.05, 0) is 57.0 Å². The molecular formula is C24H28N4O3. The molecule has 5 rings (SSSR count). The third-order valence-electron chi connectivity index (χ3n) is 6.90. The molecule has 1 amide bonds. The maximum atomic E-state index is 11.9. The Hall–Kier alpha value is -3.06. The van der Waals surface area contributed by atoms with E-state index < -0.39 is 5.91 Å². The molecule has 7 heteroatoms. The van der Waals surface area contributed by atoms with Gasteiger partial charge in [0.1, 0.15) is 11.3 Å². The van der Waals surface area contributed by atoms with Gasteiger partial charge in [0, 0.05) is 18.1 Å². The Morgan fingerprint density at radius 3 is 2.61 bits per heavy atom. The second-order valence-electron chi connectivity index (χ2n) is 8.58. The fourth-order valence-corrected chi connectivity index (χ4v) is 5.32. The lowest BCUT2D eigenvalue weighted by Gasteiger charge is -2.49. The Kier molecular flexibility index (Phi) is 5.06. The quantitative estimate of drug-likeness (QED) is 0.669. The molecule has 2 saturated heterocycles. The topological polar surface area (TPSA) is 84.8 Å². The van der Waals surface area contributed by atoms with Crippen molar-refractivity contribution in [3.63, 3.8) is 0 Å². The molecule has 0 spiro atoms. The molecule has 7 nitrogen and oxygen atoms in total. The number of benzene rings is 2. The molecule has 2 bridgehead atoms. The van der Waals surface area contributed by atoms with Crippen molar-refractivity contribution < 1.29 is 13.9 Å². The lowest BCUT2D eigenvalue weighted by atomic mass is 9.81. The van der Waals surface area contributed by atoms with Crippen LogP contribution in [0.5, 0.6) is 5.75 Å². The number of nitrogens with zero attached hydrogens (tertiary/aromatic N) is 3. The summed E-state index contributed by atoms with van der Waals surface area (Å²) >= 11 is 0. The molecule has 31 heavy (non-hydrogen) atoms. The van der Waals surface area contributed by atoms with Gasteiger partial charge in [-0.25, -0.2) is 0 Å². The monoisotopic (exact) mass is 420 g/mol. The van der Waals surface area contributed by atoms with Crippen molar-refractivity contribution in [1.29, 1.82) is 0 Å². The smallest absolute Gasteiger partial charge is 0.303 e. The summed E-state index contributed by atoms with van der Waals surface area (Å²) in [7, 11) is 3.92. The predicted octanol–water partition coefficient (Wildman–Crippen LogP) is 4.09. The number of carbonyl (C=O) groups is 1. The van der Waals surface area contributed by atoms with E-state index in [1.807, 2.05) is 30.3 Å². The maximum absolute atomic E-state index is 11.9. The van der Waals surface area contributed by atoms with Crippen LogP contribution in [0, 0.1) is 0 Å². The van der Waals surface area contributed by atoms with Crippen LogP contribution >= 0.6 is 0 Å². The SMILES string of the molecule is COc1ccccc1N(c1nc2c(C(N)=O)cccc2o1)C1CC2CCCC(C1)N2C. The second-order valence-corrected chi connectivity index (χ2v) is 8.58. The number of nitrogens with two attached hydrogens (primary N) is 1. The number of carbonyl (C=O) groups excluding carboxylic acids is 1. The van der Waals surface area contributed by atoms with Crippen molar-refractivity contribution in [3.8, 4) is 5.75 Å². The standard InChI is InChI=1S/C24H28N4O3/c1-27-15-7-5-8-16(27)14-17(13-15)28(19-10-3-4-11-20(19)30-2)24-26-22-18(23(25)29)9-6-12-21(22)31-24/h3-4,6,9-12,15-17H,5,7-8,13-14H2,1-2H3,(H2,25,29). The summed E-state index contributed by atoms with van der Waals surface area (Å²) in [5.41, 5.74) is 7.92. The Bertz CT molecular complexity index is 1100. The van der Waals surface area contributed by atoms with Crippen LogP contribution in [0.25, 0.3) is 11.1 Å². The summed E-state index contributed by atoms with van der Waals surface area (Å²) < 4.78 is 11.9. The summed E-state index contributed by atoms with van der Waals surface area (Å²) in [5.74, 6) is 0.257.